The largest absolute Gasteiger partial charge is 0.461 e. The van der Waals surface area contributed by atoms with Crippen molar-refractivity contribution in [3.63, 3.8) is 0 Å². The Balaban J connectivity index is 1.94. The smallest absolute Gasteiger partial charge is 0.357 e. The van der Waals surface area contributed by atoms with Crippen molar-refractivity contribution in [1.82, 2.24) is 24.7 Å². The summed E-state index contributed by atoms with van der Waals surface area (Å²) in [5.74, 6) is -0.101. The Morgan fingerprint density at radius 3 is 2.76 bits per heavy atom. The lowest BCUT2D eigenvalue weighted by Crippen LogP contribution is -2.23. The molecule has 178 valence electrons. The second-order valence-corrected chi connectivity index (χ2v) is 10.6. The Hall–Kier alpha value is -2.83. The third kappa shape index (κ3) is 6.59. The van der Waals surface area contributed by atoms with Crippen molar-refractivity contribution in [2.75, 3.05) is 24.3 Å². The second-order valence-electron chi connectivity index (χ2n) is 7.96. The number of benzene rings is 1. The first kappa shape index (κ1) is 24.8. The van der Waals surface area contributed by atoms with Crippen LogP contribution >= 0.6 is 11.3 Å². The number of nitrogens with zero attached hydrogens (tertiary/aromatic N) is 5. The maximum Gasteiger partial charge on any atom is 0.357 e. The molecule has 0 spiro atoms. The molecular weight excluding hydrogens is 464 g/mol. The molecule has 0 aliphatic rings. The number of carbonyl (C=O) groups is 1. The fraction of sp³-hybridized carbons (Fsp3) is 0.429. The molecule has 33 heavy (non-hydrogen) atoms. The quantitative estimate of drug-likeness (QED) is 0.429. The minimum atomic E-state index is -3.32. The zero-order valence-electron chi connectivity index (χ0n) is 19.3. The Kier molecular flexibility index (Phi) is 7.82. The SMILES string of the molecule is CCOC(=O)c1csc(N(CC(C)C)c2cc(-n3cc(CNS(C)(=O)=O)nn3)ccc2C)n1. The lowest BCUT2D eigenvalue weighted by molar-refractivity contribution is 0.0520. The minimum absolute atomic E-state index is 0.0623. The molecule has 0 saturated carbocycles. The summed E-state index contributed by atoms with van der Waals surface area (Å²) >= 11 is 1.39. The molecule has 0 unspecified atom stereocenters. The van der Waals surface area contributed by atoms with E-state index in [0.717, 1.165) is 23.2 Å². The highest BCUT2D eigenvalue weighted by Gasteiger charge is 2.20. The Bertz CT molecular complexity index is 1220. The van der Waals surface area contributed by atoms with E-state index in [0.29, 0.717) is 35.6 Å². The number of anilines is 2. The van der Waals surface area contributed by atoms with E-state index >= 15 is 0 Å². The van der Waals surface area contributed by atoms with Crippen molar-refractivity contribution in [3.8, 4) is 5.69 Å². The van der Waals surface area contributed by atoms with Crippen LogP contribution in [0.15, 0.2) is 29.8 Å². The number of esters is 1. The lowest BCUT2D eigenvalue weighted by Gasteiger charge is -2.26. The maximum atomic E-state index is 12.1. The van der Waals surface area contributed by atoms with Crippen LogP contribution in [-0.2, 0) is 21.3 Å². The molecule has 0 fully saturated rings. The molecule has 12 heteroatoms. The van der Waals surface area contributed by atoms with Crippen LogP contribution in [0.3, 0.4) is 0 Å². The molecule has 0 aliphatic heterocycles. The molecule has 0 amide bonds. The first-order chi connectivity index (χ1) is 15.6. The first-order valence-electron chi connectivity index (χ1n) is 10.4. The van der Waals surface area contributed by atoms with Gasteiger partial charge < -0.3 is 9.64 Å². The number of ether oxygens (including phenoxy) is 1. The highest BCUT2D eigenvalue weighted by molar-refractivity contribution is 7.88. The van der Waals surface area contributed by atoms with Gasteiger partial charge in [-0.25, -0.2) is 27.6 Å². The molecule has 2 aromatic heterocycles. The normalized spacial score (nSPS) is 11.7. The van der Waals surface area contributed by atoms with Gasteiger partial charge >= 0.3 is 5.97 Å². The van der Waals surface area contributed by atoms with Gasteiger partial charge in [0.2, 0.25) is 10.0 Å². The first-order valence-corrected chi connectivity index (χ1v) is 13.2. The van der Waals surface area contributed by atoms with Gasteiger partial charge in [0.1, 0.15) is 0 Å². The van der Waals surface area contributed by atoms with Crippen LogP contribution in [0.1, 0.15) is 42.5 Å². The molecular formula is C21H28N6O4S2. The molecule has 0 saturated heterocycles. The minimum Gasteiger partial charge on any atom is -0.461 e. The molecule has 3 aromatic rings. The summed E-state index contributed by atoms with van der Waals surface area (Å²) in [7, 11) is -3.32. The number of sulfonamides is 1. The fourth-order valence-corrected chi connectivity index (χ4v) is 4.30. The third-order valence-corrected chi connectivity index (χ3v) is 6.09. The van der Waals surface area contributed by atoms with Crippen molar-refractivity contribution in [1.29, 1.82) is 0 Å². The summed E-state index contributed by atoms with van der Waals surface area (Å²) < 4.78 is 31.8. The van der Waals surface area contributed by atoms with Gasteiger partial charge in [-0.05, 0) is 37.5 Å². The van der Waals surface area contributed by atoms with Crippen LogP contribution in [0, 0.1) is 12.8 Å². The average Bonchev–Trinajstić information content (AvgIpc) is 3.41. The number of aryl methyl sites for hydroxylation is 1. The zero-order chi connectivity index (χ0) is 24.2. The average molecular weight is 493 g/mol. The van der Waals surface area contributed by atoms with E-state index in [-0.39, 0.29) is 6.54 Å². The van der Waals surface area contributed by atoms with Gasteiger partial charge in [0.05, 0.1) is 37.0 Å². The fourth-order valence-electron chi connectivity index (χ4n) is 3.07. The number of hydrogen-bond acceptors (Lipinski definition) is 9. The number of nitrogens with one attached hydrogen (secondary N) is 1. The van der Waals surface area contributed by atoms with E-state index < -0.39 is 16.0 Å². The van der Waals surface area contributed by atoms with E-state index in [1.54, 1.807) is 23.2 Å². The molecule has 1 aromatic carbocycles. The Morgan fingerprint density at radius 2 is 2.09 bits per heavy atom. The van der Waals surface area contributed by atoms with E-state index in [1.165, 1.54) is 11.3 Å². The summed E-state index contributed by atoms with van der Waals surface area (Å²) in [5, 5.41) is 10.6. The molecule has 1 N–H and O–H groups in total. The highest BCUT2D eigenvalue weighted by Crippen LogP contribution is 2.33. The Morgan fingerprint density at radius 1 is 1.33 bits per heavy atom. The predicted molar refractivity (Wildman–Crippen MR) is 128 cm³/mol. The van der Waals surface area contributed by atoms with Crippen LogP contribution in [0.2, 0.25) is 0 Å². The monoisotopic (exact) mass is 492 g/mol. The van der Waals surface area contributed by atoms with Crippen molar-refractivity contribution in [3.05, 3.63) is 46.7 Å². The lowest BCUT2D eigenvalue weighted by atomic mass is 10.1. The van der Waals surface area contributed by atoms with Gasteiger partial charge in [0.25, 0.3) is 0 Å². The number of thiazole rings is 1. The van der Waals surface area contributed by atoms with Crippen LogP contribution in [0.25, 0.3) is 5.69 Å². The molecule has 0 aliphatic carbocycles. The van der Waals surface area contributed by atoms with Gasteiger partial charge in [0.15, 0.2) is 10.8 Å². The Labute approximate surface area is 197 Å². The van der Waals surface area contributed by atoms with Crippen molar-refractivity contribution >= 4 is 38.1 Å². The summed E-state index contributed by atoms with van der Waals surface area (Å²) in [5.41, 5.74) is 3.52. The van der Waals surface area contributed by atoms with E-state index in [2.05, 4.69) is 38.8 Å². The van der Waals surface area contributed by atoms with Crippen molar-refractivity contribution in [2.45, 2.75) is 34.2 Å². The van der Waals surface area contributed by atoms with E-state index in [9.17, 15) is 13.2 Å². The van der Waals surface area contributed by atoms with Crippen LogP contribution in [-0.4, -0.2) is 53.8 Å². The van der Waals surface area contributed by atoms with Gasteiger partial charge in [-0.1, -0.05) is 25.1 Å². The van der Waals surface area contributed by atoms with E-state index in [1.807, 2.05) is 25.1 Å². The number of hydrogen-bond donors (Lipinski definition) is 1. The third-order valence-electron chi connectivity index (χ3n) is 4.56. The molecule has 10 nitrogen and oxygen atoms in total. The van der Waals surface area contributed by atoms with Crippen LogP contribution < -0.4 is 9.62 Å². The van der Waals surface area contributed by atoms with Gasteiger partial charge in [-0.15, -0.1) is 16.4 Å². The molecule has 3 rings (SSSR count). The molecule has 0 radical (unpaired) electrons. The zero-order valence-corrected chi connectivity index (χ0v) is 20.9. The molecule has 0 atom stereocenters. The summed E-state index contributed by atoms with van der Waals surface area (Å²) in [6, 6.07) is 5.88. The number of rotatable bonds is 10. The molecule has 0 bridgehead atoms. The maximum absolute atomic E-state index is 12.1. The van der Waals surface area contributed by atoms with Crippen LogP contribution in [0.4, 0.5) is 10.8 Å². The van der Waals surface area contributed by atoms with Crippen LogP contribution in [0.5, 0.6) is 0 Å². The van der Waals surface area contributed by atoms with E-state index in [4.69, 9.17) is 4.74 Å². The molecule has 2 heterocycles. The highest BCUT2D eigenvalue weighted by atomic mass is 32.2. The van der Waals surface area contributed by atoms with Gasteiger partial charge in [-0.3, -0.25) is 0 Å². The standard InChI is InChI=1S/C21H28N6O4S2/c1-6-31-20(28)18-13-32-21(23-18)26(11-14(2)3)19-9-17(8-7-15(19)4)27-12-16(24-25-27)10-22-33(5,29)30/h7-9,12-14,22H,6,10-11H2,1-5H3. The number of aromatic nitrogens is 4. The summed E-state index contributed by atoms with van der Waals surface area (Å²) in [6.07, 6.45) is 2.78. The van der Waals surface area contributed by atoms with Crippen molar-refractivity contribution in [2.24, 2.45) is 5.92 Å². The van der Waals surface area contributed by atoms with Crippen molar-refractivity contribution < 1.29 is 17.9 Å². The van der Waals surface area contributed by atoms with Gasteiger partial charge in [-0.2, -0.15) is 0 Å². The van der Waals surface area contributed by atoms with Gasteiger partial charge in [0, 0.05) is 17.6 Å². The summed E-state index contributed by atoms with van der Waals surface area (Å²) in [6.45, 7) is 9.05. The topological polar surface area (TPSA) is 119 Å². The summed E-state index contributed by atoms with van der Waals surface area (Å²) in [4.78, 5) is 18.7. The number of carbonyl (C=O) groups excluding carboxylic acids is 1. The predicted octanol–water partition coefficient (Wildman–Crippen LogP) is 3.05. The second kappa shape index (κ2) is 10.4.